The predicted octanol–water partition coefficient (Wildman–Crippen LogP) is 4.40. The van der Waals surface area contributed by atoms with Crippen LogP contribution in [0.1, 0.15) is 40.4 Å². The van der Waals surface area contributed by atoms with Crippen molar-refractivity contribution in [3.05, 3.63) is 77.5 Å². The van der Waals surface area contributed by atoms with Crippen LogP contribution in [0, 0.1) is 0 Å². The maximum absolute atomic E-state index is 13.5. The molecule has 1 aromatic heterocycles. The van der Waals surface area contributed by atoms with Crippen molar-refractivity contribution in [1.82, 2.24) is 9.88 Å². The minimum atomic E-state index is 0.0383. The van der Waals surface area contributed by atoms with Gasteiger partial charge in [0.2, 0.25) is 0 Å². The van der Waals surface area contributed by atoms with E-state index in [4.69, 9.17) is 9.72 Å². The molecule has 138 valence electrons. The number of carbonyl (C=O) groups excluding carboxylic acids is 1. The van der Waals surface area contributed by atoms with Crippen molar-refractivity contribution in [2.75, 3.05) is 20.3 Å². The molecule has 0 atom stereocenters. The van der Waals surface area contributed by atoms with Crippen LogP contribution in [-0.2, 0) is 11.3 Å². The van der Waals surface area contributed by atoms with E-state index in [0.717, 1.165) is 40.6 Å². The van der Waals surface area contributed by atoms with Crippen LogP contribution < -0.4 is 0 Å². The number of methoxy groups -OCH3 is 1. The summed E-state index contributed by atoms with van der Waals surface area (Å²) < 4.78 is 5.25. The first-order valence-electron chi connectivity index (χ1n) is 9.48. The lowest BCUT2D eigenvalue weighted by Gasteiger charge is -2.23. The van der Waals surface area contributed by atoms with Crippen LogP contribution >= 0.6 is 0 Å². The van der Waals surface area contributed by atoms with Gasteiger partial charge in [0.15, 0.2) is 0 Å². The Morgan fingerprint density at radius 2 is 1.85 bits per heavy atom. The van der Waals surface area contributed by atoms with Crippen molar-refractivity contribution in [2.45, 2.75) is 25.3 Å². The molecule has 1 aliphatic rings. The van der Waals surface area contributed by atoms with Gasteiger partial charge < -0.3 is 9.64 Å². The molecule has 1 saturated carbocycles. The number of hydrogen-bond donors (Lipinski definition) is 0. The van der Waals surface area contributed by atoms with Crippen molar-refractivity contribution in [1.29, 1.82) is 0 Å². The van der Waals surface area contributed by atoms with Crippen LogP contribution in [0.5, 0.6) is 0 Å². The summed E-state index contributed by atoms with van der Waals surface area (Å²) in [6, 6.07) is 20.0. The highest BCUT2D eigenvalue weighted by Crippen LogP contribution is 2.40. The normalized spacial score (nSPS) is 13.7. The molecule has 27 heavy (non-hydrogen) atoms. The molecular formula is C23H24N2O2. The van der Waals surface area contributed by atoms with Gasteiger partial charge in [-0.15, -0.1) is 0 Å². The number of benzene rings is 2. The Balaban J connectivity index is 1.71. The SMILES string of the molecule is COCCN(Cc1ccccc1)C(=O)c1cc(C2CC2)nc2ccccc12. The molecule has 0 bridgehead atoms. The van der Waals surface area contributed by atoms with Crippen LogP contribution in [0.25, 0.3) is 10.9 Å². The second-order valence-electron chi connectivity index (χ2n) is 7.09. The minimum Gasteiger partial charge on any atom is -0.383 e. The van der Waals surface area contributed by atoms with Crippen molar-refractivity contribution in [3.63, 3.8) is 0 Å². The summed E-state index contributed by atoms with van der Waals surface area (Å²) in [6.07, 6.45) is 2.33. The van der Waals surface area contributed by atoms with Crippen LogP contribution in [0.2, 0.25) is 0 Å². The number of fused-ring (bicyclic) bond motifs is 1. The third-order valence-corrected chi connectivity index (χ3v) is 5.03. The molecule has 1 fully saturated rings. The number of carbonyl (C=O) groups is 1. The van der Waals surface area contributed by atoms with Crippen molar-refractivity contribution < 1.29 is 9.53 Å². The standard InChI is InChI=1S/C23H24N2O2/c1-27-14-13-25(16-17-7-3-2-4-8-17)23(26)20-15-22(18-11-12-18)24-21-10-6-5-9-19(20)21/h2-10,15,18H,11-14,16H2,1H3. The maximum atomic E-state index is 13.5. The molecule has 4 heteroatoms. The number of pyridine rings is 1. The monoisotopic (exact) mass is 360 g/mol. The van der Waals surface area contributed by atoms with Crippen LogP contribution in [0.4, 0.5) is 0 Å². The second kappa shape index (κ2) is 7.89. The Morgan fingerprint density at radius 1 is 1.11 bits per heavy atom. The Kier molecular flexibility index (Phi) is 5.16. The fourth-order valence-corrected chi connectivity index (χ4v) is 3.39. The first-order valence-corrected chi connectivity index (χ1v) is 9.48. The highest BCUT2D eigenvalue weighted by atomic mass is 16.5. The molecule has 0 radical (unpaired) electrons. The van der Waals surface area contributed by atoms with E-state index < -0.39 is 0 Å². The number of amides is 1. The quantitative estimate of drug-likeness (QED) is 0.627. The molecule has 4 nitrogen and oxygen atoms in total. The summed E-state index contributed by atoms with van der Waals surface area (Å²) in [6.45, 7) is 1.63. The van der Waals surface area contributed by atoms with Gasteiger partial charge in [-0.3, -0.25) is 9.78 Å². The highest BCUT2D eigenvalue weighted by Gasteiger charge is 2.28. The van der Waals surface area contributed by atoms with E-state index in [9.17, 15) is 4.79 Å². The van der Waals surface area contributed by atoms with Crippen molar-refractivity contribution in [3.8, 4) is 0 Å². The third-order valence-electron chi connectivity index (χ3n) is 5.03. The van der Waals surface area contributed by atoms with Crippen molar-refractivity contribution in [2.24, 2.45) is 0 Å². The molecule has 1 aliphatic carbocycles. The average Bonchev–Trinajstić information content (AvgIpc) is 3.56. The molecule has 3 aromatic rings. The summed E-state index contributed by atoms with van der Waals surface area (Å²) in [4.78, 5) is 20.2. The number of nitrogens with zero attached hydrogens (tertiary/aromatic N) is 2. The lowest BCUT2D eigenvalue weighted by Crippen LogP contribution is -2.33. The third kappa shape index (κ3) is 4.01. The van der Waals surface area contributed by atoms with E-state index in [1.807, 2.05) is 65.6 Å². The molecule has 0 spiro atoms. The molecule has 0 unspecified atom stereocenters. The minimum absolute atomic E-state index is 0.0383. The second-order valence-corrected chi connectivity index (χ2v) is 7.09. The van der Waals surface area contributed by atoms with Gasteiger partial charge in [-0.05, 0) is 30.5 Å². The van der Waals surface area contributed by atoms with Gasteiger partial charge in [0.1, 0.15) is 0 Å². The number of hydrogen-bond acceptors (Lipinski definition) is 3. The smallest absolute Gasteiger partial charge is 0.254 e. The van der Waals surface area contributed by atoms with E-state index in [1.54, 1.807) is 7.11 Å². The zero-order chi connectivity index (χ0) is 18.6. The number of para-hydroxylation sites is 1. The summed E-state index contributed by atoms with van der Waals surface area (Å²) in [5.74, 6) is 0.541. The van der Waals surface area contributed by atoms with E-state index in [0.29, 0.717) is 25.6 Å². The highest BCUT2D eigenvalue weighted by molar-refractivity contribution is 6.06. The molecule has 1 amide bonds. The fourth-order valence-electron chi connectivity index (χ4n) is 3.39. The Bertz CT molecular complexity index is 936. The molecule has 0 aliphatic heterocycles. The van der Waals surface area contributed by atoms with Crippen LogP contribution in [-0.4, -0.2) is 36.1 Å². The molecule has 0 saturated heterocycles. The Morgan fingerprint density at radius 3 is 2.59 bits per heavy atom. The maximum Gasteiger partial charge on any atom is 0.254 e. The first-order chi connectivity index (χ1) is 13.3. The summed E-state index contributed by atoms with van der Waals surface area (Å²) in [5, 5.41) is 0.919. The number of ether oxygens (including phenoxy) is 1. The van der Waals surface area contributed by atoms with E-state index >= 15 is 0 Å². The molecule has 0 N–H and O–H groups in total. The number of rotatable bonds is 7. The van der Waals surface area contributed by atoms with Crippen LogP contribution in [0.15, 0.2) is 60.7 Å². The topological polar surface area (TPSA) is 42.4 Å². The summed E-state index contributed by atoms with van der Waals surface area (Å²) in [5.41, 5.74) is 3.80. The van der Waals surface area contributed by atoms with Gasteiger partial charge in [0.25, 0.3) is 5.91 Å². The first kappa shape index (κ1) is 17.7. The average molecular weight is 360 g/mol. The van der Waals surface area contributed by atoms with Gasteiger partial charge in [-0.1, -0.05) is 48.5 Å². The summed E-state index contributed by atoms with van der Waals surface area (Å²) >= 11 is 0. The molecule has 1 heterocycles. The van der Waals surface area contributed by atoms with Gasteiger partial charge >= 0.3 is 0 Å². The summed E-state index contributed by atoms with van der Waals surface area (Å²) in [7, 11) is 1.66. The lowest BCUT2D eigenvalue weighted by molar-refractivity contribution is 0.0682. The van der Waals surface area contributed by atoms with E-state index in [2.05, 4.69) is 0 Å². The van der Waals surface area contributed by atoms with E-state index in [1.165, 1.54) is 0 Å². The van der Waals surface area contributed by atoms with Crippen LogP contribution in [0.3, 0.4) is 0 Å². The zero-order valence-electron chi connectivity index (χ0n) is 15.6. The van der Waals surface area contributed by atoms with Gasteiger partial charge in [0, 0.05) is 37.2 Å². The molecular weight excluding hydrogens is 336 g/mol. The van der Waals surface area contributed by atoms with Gasteiger partial charge in [-0.25, -0.2) is 0 Å². The van der Waals surface area contributed by atoms with Gasteiger partial charge in [-0.2, -0.15) is 0 Å². The van der Waals surface area contributed by atoms with E-state index in [-0.39, 0.29) is 5.91 Å². The van der Waals surface area contributed by atoms with Gasteiger partial charge in [0.05, 0.1) is 17.7 Å². The molecule has 4 rings (SSSR count). The largest absolute Gasteiger partial charge is 0.383 e. The Hall–Kier alpha value is -2.72. The number of aromatic nitrogens is 1. The lowest BCUT2D eigenvalue weighted by atomic mass is 10.0. The Labute approximate surface area is 159 Å². The molecule has 2 aromatic carbocycles. The predicted molar refractivity (Wildman–Crippen MR) is 107 cm³/mol. The fraction of sp³-hybridized carbons (Fsp3) is 0.304. The zero-order valence-corrected chi connectivity index (χ0v) is 15.6. The van der Waals surface area contributed by atoms with Crippen molar-refractivity contribution >= 4 is 16.8 Å².